The van der Waals surface area contributed by atoms with Gasteiger partial charge in [-0.05, 0) is 72.5 Å². The molecule has 4 N–H and O–H groups in total. The summed E-state index contributed by atoms with van der Waals surface area (Å²) in [7, 11) is 0. The van der Waals surface area contributed by atoms with Crippen molar-refractivity contribution in [3.63, 3.8) is 0 Å². The summed E-state index contributed by atoms with van der Waals surface area (Å²) in [6.45, 7) is 0. The number of carboxylic acid groups (broad SMARTS) is 2. The number of aryl methyl sites for hydroxylation is 2. The quantitative estimate of drug-likeness (QED) is 0.236. The maximum atomic E-state index is 11.4. The molecule has 0 aliphatic carbocycles. The second-order valence-corrected chi connectivity index (χ2v) is 7.85. The minimum Gasteiger partial charge on any atom is -0.478 e. The Morgan fingerprint density at radius 1 is 0.529 bits per heavy atom. The Kier molecular flexibility index (Phi) is 6.89. The van der Waals surface area contributed by atoms with Crippen LogP contribution < -0.4 is 10.6 Å². The lowest BCUT2D eigenvalue weighted by Gasteiger charge is -2.11. The summed E-state index contributed by atoms with van der Waals surface area (Å²) < 4.78 is 0. The number of aromatic carboxylic acids is 2. The summed E-state index contributed by atoms with van der Waals surface area (Å²) in [5, 5.41) is 25.0. The van der Waals surface area contributed by atoms with E-state index >= 15 is 0 Å². The molecular formula is C28H24N2O4. The van der Waals surface area contributed by atoms with Crippen molar-refractivity contribution >= 4 is 34.7 Å². The van der Waals surface area contributed by atoms with Crippen LogP contribution in [-0.4, -0.2) is 22.2 Å². The van der Waals surface area contributed by atoms with Gasteiger partial charge in [0.15, 0.2) is 0 Å². The Morgan fingerprint density at radius 2 is 0.882 bits per heavy atom. The number of rotatable bonds is 9. The Balaban J connectivity index is 1.34. The van der Waals surface area contributed by atoms with Crippen LogP contribution in [0.4, 0.5) is 22.7 Å². The molecule has 0 spiro atoms. The molecule has 170 valence electrons. The average molecular weight is 453 g/mol. The van der Waals surface area contributed by atoms with E-state index in [9.17, 15) is 19.8 Å². The number of benzene rings is 4. The van der Waals surface area contributed by atoms with Gasteiger partial charge in [-0.2, -0.15) is 0 Å². The normalized spacial score (nSPS) is 10.5. The van der Waals surface area contributed by atoms with Gasteiger partial charge < -0.3 is 20.8 Å². The Morgan fingerprint density at radius 3 is 1.24 bits per heavy atom. The molecule has 0 atom stereocenters. The molecule has 0 unspecified atom stereocenters. The predicted octanol–water partition coefficient (Wildman–Crippen LogP) is 6.36. The summed E-state index contributed by atoms with van der Waals surface area (Å²) in [6, 6.07) is 29.6. The fraction of sp³-hybridized carbons (Fsp3) is 0.0714. The Labute approximate surface area is 197 Å². The summed E-state index contributed by atoms with van der Waals surface area (Å²) in [6.07, 6.45) is 1.72. The van der Waals surface area contributed by atoms with Gasteiger partial charge in [-0.3, -0.25) is 0 Å². The van der Waals surface area contributed by atoms with Gasteiger partial charge in [0.2, 0.25) is 0 Å². The number of anilines is 4. The van der Waals surface area contributed by atoms with Gasteiger partial charge in [-0.1, -0.05) is 48.5 Å². The van der Waals surface area contributed by atoms with Crippen molar-refractivity contribution in [2.24, 2.45) is 0 Å². The summed E-state index contributed by atoms with van der Waals surface area (Å²) >= 11 is 0. The lowest BCUT2D eigenvalue weighted by molar-refractivity contribution is 0.0687. The van der Waals surface area contributed by atoms with Crippen molar-refractivity contribution in [1.29, 1.82) is 0 Å². The highest BCUT2D eigenvalue weighted by atomic mass is 16.4. The van der Waals surface area contributed by atoms with Crippen molar-refractivity contribution < 1.29 is 19.8 Å². The van der Waals surface area contributed by atoms with Crippen molar-refractivity contribution in [3.8, 4) is 0 Å². The average Bonchev–Trinajstić information content (AvgIpc) is 2.85. The summed E-state index contributed by atoms with van der Waals surface area (Å²) in [4.78, 5) is 22.7. The molecular weight excluding hydrogens is 428 g/mol. The SMILES string of the molecule is O=C(O)c1ccccc1Nc1ccc(CCc2ccc(Nc3ccccc3C(=O)O)cc2)cc1. The molecule has 0 aromatic heterocycles. The molecule has 0 bridgehead atoms. The first-order valence-corrected chi connectivity index (χ1v) is 10.9. The van der Waals surface area contributed by atoms with Gasteiger partial charge in [0.25, 0.3) is 0 Å². The number of hydrogen-bond acceptors (Lipinski definition) is 4. The highest BCUT2D eigenvalue weighted by Crippen LogP contribution is 2.23. The third-order valence-electron chi connectivity index (χ3n) is 5.48. The maximum Gasteiger partial charge on any atom is 0.337 e. The van der Waals surface area contributed by atoms with Crippen molar-refractivity contribution in [2.45, 2.75) is 12.8 Å². The first kappa shape index (κ1) is 22.6. The van der Waals surface area contributed by atoms with E-state index < -0.39 is 11.9 Å². The van der Waals surface area contributed by atoms with Gasteiger partial charge in [0, 0.05) is 11.4 Å². The molecule has 0 amide bonds. The van der Waals surface area contributed by atoms with Crippen LogP contribution in [0.3, 0.4) is 0 Å². The maximum absolute atomic E-state index is 11.4. The monoisotopic (exact) mass is 452 g/mol. The molecule has 6 heteroatoms. The zero-order valence-corrected chi connectivity index (χ0v) is 18.4. The number of nitrogens with one attached hydrogen (secondary N) is 2. The molecule has 0 aliphatic heterocycles. The molecule has 0 saturated heterocycles. The smallest absolute Gasteiger partial charge is 0.337 e. The molecule has 4 aromatic carbocycles. The van der Waals surface area contributed by atoms with E-state index in [1.54, 1.807) is 48.5 Å². The molecule has 4 rings (SSSR count). The van der Waals surface area contributed by atoms with Crippen LogP contribution in [0.25, 0.3) is 0 Å². The van der Waals surface area contributed by atoms with E-state index in [-0.39, 0.29) is 11.1 Å². The lowest BCUT2D eigenvalue weighted by Crippen LogP contribution is -2.02. The van der Waals surface area contributed by atoms with Crippen LogP contribution in [0.2, 0.25) is 0 Å². The molecule has 0 radical (unpaired) electrons. The van der Waals surface area contributed by atoms with E-state index in [1.807, 2.05) is 48.5 Å². The largest absolute Gasteiger partial charge is 0.478 e. The second kappa shape index (κ2) is 10.4. The number of hydrogen-bond donors (Lipinski definition) is 4. The van der Waals surface area contributed by atoms with Gasteiger partial charge in [0.05, 0.1) is 22.5 Å². The van der Waals surface area contributed by atoms with Crippen LogP contribution in [0.15, 0.2) is 97.1 Å². The standard InChI is InChI=1S/C28H24N2O4/c31-27(32)23-5-1-3-7-25(23)29-21-15-11-19(12-16-21)9-10-20-13-17-22(18-14-20)30-26-8-4-2-6-24(26)28(33)34/h1-8,11-18,29-30H,9-10H2,(H,31,32)(H,33,34). The van der Waals surface area contributed by atoms with Crippen LogP contribution in [0, 0.1) is 0 Å². The van der Waals surface area contributed by atoms with E-state index in [0.29, 0.717) is 11.4 Å². The van der Waals surface area contributed by atoms with Crippen molar-refractivity contribution in [2.75, 3.05) is 10.6 Å². The first-order chi connectivity index (χ1) is 16.5. The van der Waals surface area contributed by atoms with Gasteiger partial charge in [-0.15, -0.1) is 0 Å². The van der Waals surface area contributed by atoms with Gasteiger partial charge in [0.1, 0.15) is 0 Å². The van der Waals surface area contributed by atoms with Crippen LogP contribution in [0.5, 0.6) is 0 Å². The fourth-order valence-corrected chi connectivity index (χ4v) is 3.67. The summed E-state index contributed by atoms with van der Waals surface area (Å²) in [5.74, 6) is -1.93. The topological polar surface area (TPSA) is 98.7 Å². The zero-order chi connectivity index (χ0) is 23.9. The van der Waals surface area contributed by atoms with Crippen LogP contribution >= 0.6 is 0 Å². The molecule has 0 saturated carbocycles. The Hall–Kier alpha value is -4.58. The number of carbonyl (C=O) groups is 2. The van der Waals surface area contributed by atoms with Gasteiger partial charge in [-0.25, -0.2) is 9.59 Å². The highest BCUT2D eigenvalue weighted by Gasteiger charge is 2.10. The van der Waals surface area contributed by atoms with Crippen LogP contribution in [0.1, 0.15) is 31.8 Å². The molecule has 0 aliphatic rings. The molecule has 4 aromatic rings. The molecule has 0 heterocycles. The first-order valence-electron chi connectivity index (χ1n) is 10.9. The van der Waals surface area contributed by atoms with Crippen molar-refractivity contribution in [3.05, 3.63) is 119 Å². The predicted molar refractivity (Wildman–Crippen MR) is 134 cm³/mol. The minimum atomic E-state index is -0.966. The highest BCUT2D eigenvalue weighted by molar-refractivity contribution is 5.95. The Bertz CT molecular complexity index is 1200. The van der Waals surface area contributed by atoms with Crippen molar-refractivity contribution in [1.82, 2.24) is 0 Å². The third kappa shape index (κ3) is 5.61. The van der Waals surface area contributed by atoms with E-state index in [2.05, 4.69) is 10.6 Å². The molecule has 6 nitrogen and oxygen atoms in total. The van der Waals surface area contributed by atoms with E-state index in [0.717, 1.165) is 24.2 Å². The third-order valence-corrected chi connectivity index (χ3v) is 5.48. The lowest BCUT2D eigenvalue weighted by atomic mass is 10.0. The molecule has 0 fully saturated rings. The summed E-state index contributed by atoms with van der Waals surface area (Å²) in [5.41, 5.74) is 5.59. The minimum absolute atomic E-state index is 0.232. The van der Waals surface area contributed by atoms with E-state index in [4.69, 9.17) is 0 Å². The zero-order valence-electron chi connectivity index (χ0n) is 18.4. The fourth-order valence-electron chi connectivity index (χ4n) is 3.67. The molecule has 34 heavy (non-hydrogen) atoms. The van der Waals surface area contributed by atoms with Crippen LogP contribution in [-0.2, 0) is 12.8 Å². The number of carboxylic acids is 2. The van der Waals surface area contributed by atoms with Gasteiger partial charge >= 0.3 is 11.9 Å². The van der Waals surface area contributed by atoms with E-state index in [1.165, 1.54) is 11.1 Å². The second-order valence-electron chi connectivity index (χ2n) is 7.85. The number of para-hydroxylation sites is 2.